The van der Waals surface area contributed by atoms with Crippen LogP contribution in [0, 0.1) is 5.82 Å². The van der Waals surface area contributed by atoms with Crippen LogP contribution >= 0.6 is 0 Å². The summed E-state index contributed by atoms with van der Waals surface area (Å²) in [7, 11) is -2.07. The number of benzene rings is 2. The third kappa shape index (κ3) is 9.35. The lowest BCUT2D eigenvalue weighted by atomic mass is 10.0. The highest BCUT2D eigenvalue weighted by Gasteiger charge is 2.30. The van der Waals surface area contributed by atoms with Gasteiger partial charge in [-0.1, -0.05) is 19.1 Å². The number of methoxy groups -OCH3 is 1. The molecular formula is C27H38FN3O5S. The quantitative estimate of drug-likeness (QED) is 0.442. The van der Waals surface area contributed by atoms with Gasteiger partial charge in [0.2, 0.25) is 21.8 Å². The average Bonchev–Trinajstić information content (AvgIpc) is 2.81. The van der Waals surface area contributed by atoms with Crippen LogP contribution in [0.25, 0.3) is 0 Å². The van der Waals surface area contributed by atoms with Crippen LogP contribution in [0.1, 0.15) is 52.5 Å². The Balaban J connectivity index is 2.22. The van der Waals surface area contributed by atoms with Gasteiger partial charge in [-0.2, -0.15) is 0 Å². The maximum atomic E-state index is 13.4. The zero-order valence-corrected chi connectivity index (χ0v) is 23.3. The van der Waals surface area contributed by atoms with E-state index in [9.17, 15) is 22.4 Å². The first-order valence-corrected chi connectivity index (χ1v) is 14.1. The molecule has 0 saturated heterocycles. The Labute approximate surface area is 219 Å². The molecule has 0 aromatic heterocycles. The number of carbonyl (C=O) groups excluding carboxylic acids is 2. The number of halogens is 1. The maximum absolute atomic E-state index is 13.4. The van der Waals surface area contributed by atoms with Gasteiger partial charge in [0.25, 0.3) is 0 Å². The van der Waals surface area contributed by atoms with Gasteiger partial charge in [-0.15, -0.1) is 0 Å². The maximum Gasteiger partial charge on any atom is 0.243 e. The lowest BCUT2D eigenvalue weighted by Crippen LogP contribution is -2.53. The van der Waals surface area contributed by atoms with Crippen molar-refractivity contribution in [2.45, 2.75) is 65.1 Å². The van der Waals surface area contributed by atoms with E-state index in [-0.39, 0.29) is 37.7 Å². The van der Waals surface area contributed by atoms with Crippen molar-refractivity contribution in [3.8, 4) is 5.75 Å². The first-order chi connectivity index (χ1) is 17.2. The minimum atomic E-state index is -3.60. The molecule has 2 rings (SSSR count). The van der Waals surface area contributed by atoms with E-state index in [2.05, 4.69) is 5.32 Å². The van der Waals surface area contributed by atoms with Gasteiger partial charge >= 0.3 is 0 Å². The van der Waals surface area contributed by atoms with E-state index in [1.807, 2.05) is 27.7 Å². The van der Waals surface area contributed by atoms with E-state index >= 15 is 0 Å². The van der Waals surface area contributed by atoms with Gasteiger partial charge < -0.3 is 15.0 Å². The second kappa shape index (κ2) is 12.9. The minimum Gasteiger partial charge on any atom is -0.497 e. The highest BCUT2D eigenvalue weighted by Crippen LogP contribution is 2.23. The first-order valence-electron chi connectivity index (χ1n) is 12.2. The topological polar surface area (TPSA) is 96.0 Å². The molecule has 0 bridgehead atoms. The molecule has 0 fully saturated rings. The molecule has 2 aromatic rings. The van der Waals surface area contributed by atoms with Crippen LogP contribution in [0.15, 0.2) is 48.5 Å². The monoisotopic (exact) mass is 535 g/mol. The lowest BCUT2D eigenvalue weighted by molar-refractivity contribution is -0.142. The largest absolute Gasteiger partial charge is 0.497 e. The molecule has 1 N–H and O–H groups in total. The average molecular weight is 536 g/mol. The van der Waals surface area contributed by atoms with E-state index in [1.165, 1.54) is 28.4 Å². The van der Waals surface area contributed by atoms with Crippen LogP contribution in [0.2, 0.25) is 0 Å². The van der Waals surface area contributed by atoms with Gasteiger partial charge in [0.15, 0.2) is 0 Å². The molecule has 0 unspecified atom stereocenters. The Hall–Kier alpha value is -3.14. The molecule has 10 heteroatoms. The molecule has 2 aromatic carbocycles. The second-order valence-corrected chi connectivity index (χ2v) is 11.9. The van der Waals surface area contributed by atoms with Crippen LogP contribution in [-0.4, -0.2) is 56.6 Å². The predicted molar refractivity (Wildman–Crippen MR) is 143 cm³/mol. The number of sulfonamides is 1. The Kier molecular flexibility index (Phi) is 10.5. The first kappa shape index (κ1) is 30.1. The summed E-state index contributed by atoms with van der Waals surface area (Å²) in [5, 5.41) is 2.93. The number of amides is 2. The number of anilines is 1. The molecule has 8 nitrogen and oxygen atoms in total. The van der Waals surface area contributed by atoms with Gasteiger partial charge in [-0.25, -0.2) is 12.8 Å². The van der Waals surface area contributed by atoms with Crippen LogP contribution in [-0.2, 0) is 26.2 Å². The number of nitrogens with one attached hydrogen (secondary N) is 1. The molecule has 0 aliphatic heterocycles. The van der Waals surface area contributed by atoms with Crippen LogP contribution in [0.3, 0.4) is 0 Å². The summed E-state index contributed by atoms with van der Waals surface area (Å²) >= 11 is 0. The summed E-state index contributed by atoms with van der Waals surface area (Å²) < 4.78 is 44.7. The summed E-state index contributed by atoms with van der Waals surface area (Å²) in [6.07, 6.45) is 1.78. The van der Waals surface area contributed by atoms with Crippen molar-refractivity contribution in [3.63, 3.8) is 0 Å². The molecule has 204 valence electrons. The Morgan fingerprint density at radius 1 is 1.05 bits per heavy atom. The van der Waals surface area contributed by atoms with E-state index in [0.717, 1.165) is 6.26 Å². The van der Waals surface area contributed by atoms with Crippen molar-refractivity contribution in [3.05, 3.63) is 59.9 Å². The Morgan fingerprint density at radius 3 is 2.14 bits per heavy atom. The molecule has 1 atom stereocenters. The van der Waals surface area contributed by atoms with Crippen molar-refractivity contribution >= 4 is 27.5 Å². The highest BCUT2D eigenvalue weighted by molar-refractivity contribution is 7.92. The normalized spacial score (nSPS) is 12.5. The fourth-order valence-corrected chi connectivity index (χ4v) is 4.88. The molecular weight excluding hydrogens is 497 g/mol. The number of hydrogen-bond donors (Lipinski definition) is 1. The van der Waals surface area contributed by atoms with Crippen LogP contribution in [0.4, 0.5) is 10.1 Å². The smallest absolute Gasteiger partial charge is 0.243 e. The number of nitrogens with zero attached hydrogens (tertiary/aromatic N) is 2. The van der Waals surface area contributed by atoms with Crippen molar-refractivity contribution < 1.29 is 27.1 Å². The van der Waals surface area contributed by atoms with Gasteiger partial charge in [0.05, 0.1) is 19.1 Å². The lowest BCUT2D eigenvalue weighted by Gasteiger charge is -2.33. The van der Waals surface area contributed by atoms with E-state index < -0.39 is 27.4 Å². The van der Waals surface area contributed by atoms with Crippen molar-refractivity contribution in [1.82, 2.24) is 10.2 Å². The second-order valence-electron chi connectivity index (χ2n) is 9.95. The third-order valence-corrected chi connectivity index (χ3v) is 6.86. The van der Waals surface area contributed by atoms with Crippen molar-refractivity contribution in [1.29, 1.82) is 0 Å². The van der Waals surface area contributed by atoms with Crippen LogP contribution in [0.5, 0.6) is 5.75 Å². The number of hydrogen-bond acceptors (Lipinski definition) is 5. The van der Waals surface area contributed by atoms with Crippen molar-refractivity contribution in [2.75, 3.05) is 24.2 Å². The zero-order chi connectivity index (χ0) is 27.8. The highest BCUT2D eigenvalue weighted by atomic mass is 32.2. The van der Waals surface area contributed by atoms with E-state index in [0.29, 0.717) is 23.4 Å². The summed E-state index contributed by atoms with van der Waals surface area (Å²) in [4.78, 5) is 28.0. The van der Waals surface area contributed by atoms with Gasteiger partial charge in [-0.05, 0) is 75.6 Å². The summed E-state index contributed by atoms with van der Waals surface area (Å²) in [6, 6.07) is 11.7. The molecule has 2 amide bonds. The fraction of sp³-hybridized carbons (Fsp3) is 0.481. The van der Waals surface area contributed by atoms with E-state index in [1.54, 1.807) is 36.4 Å². The summed E-state index contributed by atoms with van der Waals surface area (Å²) in [5.74, 6) is -0.355. The van der Waals surface area contributed by atoms with E-state index in [4.69, 9.17) is 4.74 Å². The fourth-order valence-electron chi connectivity index (χ4n) is 3.91. The Morgan fingerprint density at radius 2 is 1.65 bits per heavy atom. The minimum absolute atomic E-state index is 0.0304. The van der Waals surface area contributed by atoms with Gasteiger partial charge in [0, 0.05) is 25.0 Å². The predicted octanol–water partition coefficient (Wildman–Crippen LogP) is 4.10. The molecule has 0 radical (unpaired) electrons. The molecule has 0 spiro atoms. The summed E-state index contributed by atoms with van der Waals surface area (Å²) in [6.45, 7) is 7.64. The molecule has 0 heterocycles. The molecule has 0 aliphatic carbocycles. The number of ether oxygens (including phenoxy) is 1. The standard InChI is InChI=1S/C27H38FN3O5S/c1-7-24(26(33)29-27(2,3)4)30(19-20-10-12-21(28)13-11-20)25(32)9-8-18-31(37(6,34)35)22-14-16-23(36-5)17-15-22/h10-17,24H,7-9,18-19H2,1-6H3,(H,29,33)/t24-/m0/s1. The number of rotatable bonds is 12. The molecule has 0 aliphatic rings. The number of carbonyl (C=O) groups is 2. The van der Waals surface area contributed by atoms with Gasteiger partial charge in [-0.3, -0.25) is 13.9 Å². The molecule has 37 heavy (non-hydrogen) atoms. The summed E-state index contributed by atoms with van der Waals surface area (Å²) in [5.41, 5.74) is 0.673. The zero-order valence-electron chi connectivity index (χ0n) is 22.5. The van der Waals surface area contributed by atoms with Crippen molar-refractivity contribution in [2.24, 2.45) is 0 Å². The Bertz CT molecular complexity index is 1150. The van der Waals surface area contributed by atoms with Gasteiger partial charge in [0.1, 0.15) is 17.6 Å². The SMILES string of the molecule is CC[C@@H](C(=O)NC(C)(C)C)N(Cc1ccc(F)cc1)C(=O)CCCN(c1ccc(OC)cc1)S(C)(=O)=O. The third-order valence-electron chi connectivity index (χ3n) is 5.66. The van der Waals surface area contributed by atoms with Crippen LogP contribution < -0.4 is 14.4 Å². The molecule has 0 saturated carbocycles.